The molecule has 0 spiro atoms. The molecular formula is C14H27N3. The van der Waals surface area contributed by atoms with Gasteiger partial charge in [0.25, 0.3) is 0 Å². The zero-order valence-electron chi connectivity index (χ0n) is 12.2. The molecule has 17 heavy (non-hydrogen) atoms. The summed E-state index contributed by atoms with van der Waals surface area (Å²) < 4.78 is 2.23. The first-order chi connectivity index (χ1) is 7.84. The molecule has 0 unspecified atom stereocenters. The van der Waals surface area contributed by atoms with E-state index in [-0.39, 0.29) is 0 Å². The standard InChI is InChI=1S/C14H27N3/c1-7-14(5,6)10-15-13-16-12(4)9-17(13)8-11(2)3/h9,11H,7-8,10H2,1-6H3,(H,15,16). The summed E-state index contributed by atoms with van der Waals surface area (Å²) in [5, 5.41) is 3.48. The van der Waals surface area contributed by atoms with E-state index in [4.69, 9.17) is 0 Å². The van der Waals surface area contributed by atoms with E-state index in [2.05, 4.69) is 55.7 Å². The summed E-state index contributed by atoms with van der Waals surface area (Å²) >= 11 is 0. The van der Waals surface area contributed by atoms with Gasteiger partial charge >= 0.3 is 0 Å². The van der Waals surface area contributed by atoms with Gasteiger partial charge in [-0.3, -0.25) is 0 Å². The van der Waals surface area contributed by atoms with Gasteiger partial charge in [0.1, 0.15) is 0 Å². The Hall–Kier alpha value is -0.990. The van der Waals surface area contributed by atoms with Crippen LogP contribution in [0.5, 0.6) is 0 Å². The van der Waals surface area contributed by atoms with Crippen LogP contribution in [0.4, 0.5) is 5.95 Å². The fraction of sp³-hybridized carbons (Fsp3) is 0.786. The second-order valence-corrected chi connectivity index (χ2v) is 6.12. The van der Waals surface area contributed by atoms with E-state index in [1.165, 1.54) is 6.42 Å². The predicted octanol–water partition coefficient (Wildman–Crippen LogP) is 3.70. The molecule has 0 fully saturated rings. The molecule has 1 N–H and O–H groups in total. The van der Waals surface area contributed by atoms with Crippen LogP contribution >= 0.6 is 0 Å². The predicted molar refractivity (Wildman–Crippen MR) is 74.4 cm³/mol. The summed E-state index contributed by atoms with van der Waals surface area (Å²) in [6.07, 6.45) is 3.30. The molecule has 3 heteroatoms. The average molecular weight is 237 g/mol. The summed E-state index contributed by atoms with van der Waals surface area (Å²) in [5.74, 6) is 1.65. The number of hydrogen-bond donors (Lipinski definition) is 1. The highest BCUT2D eigenvalue weighted by Crippen LogP contribution is 2.20. The second kappa shape index (κ2) is 5.56. The van der Waals surface area contributed by atoms with Gasteiger partial charge < -0.3 is 9.88 Å². The lowest BCUT2D eigenvalue weighted by molar-refractivity contribution is 0.375. The first-order valence-corrected chi connectivity index (χ1v) is 6.61. The molecule has 0 radical (unpaired) electrons. The Morgan fingerprint density at radius 3 is 2.59 bits per heavy atom. The fourth-order valence-electron chi connectivity index (χ4n) is 1.66. The molecule has 0 aromatic carbocycles. The van der Waals surface area contributed by atoms with Gasteiger partial charge in [-0.1, -0.05) is 34.6 Å². The third-order valence-corrected chi connectivity index (χ3v) is 3.14. The van der Waals surface area contributed by atoms with Gasteiger partial charge in [-0.15, -0.1) is 0 Å². The molecule has 98 valence electrons. The van der Waals surface area contributed by atoms with Crippen molar-refractivity contribution in [2.75, 3.05) is 11.9 Å². The highest BCUT2D eigenvalue weighted by atomic mass is 15.2. The molecule has 3 nitrogen and oxygen atoms in total. The highest BCUT2D eigenvalue weighted by molar-refractivity contribution is 5.29. The minimum Gasteiger partial charge on any atom is -0.355 e. The number of imidazole rings is 1. The zero-order chi connectivity index (χ0) is 13.1. The molecule has 0 aliphatic rings. The van der Waals surface area contributed by atoms with Crippen LogP contribution in [-0.4, -0.2) is 16.1 Å². The molecule has 0 bridgehead atoms. The monoisotopic (exact) mass is 237 g/mol. The van der Waals surface area contributed by atoms with Gasteiger partial charge in [0.2, 0.25) is 5.95 Å². The van der Waals surface area contributed by atoms with Crippen LogP contribution in [0, 0.1) is 18.3 Å². The molecule has 0 aliphatic carbocycles. The average Bonchev–Trinajstić information content (AvgIpc) is 2.55. The van der Waals surface area contributed by atoms with Crippen molar-refractivity contribution in [2.24, 2.45) is 11.3 Å². The summed E-state index contributed by atoms with van der Waals surface area (Å²) in [5.41, 5.74) is 1.41. The number of rotatable bonds is 6. The molecule has 0 saturated heterocycles. The number of anilines is 1. The summed E-state index contributed by atoms with van der Waals surface area (Å²) in [7, 11) is 0. The molecule has 0 aliphatic heterocycles. The number of hydrogen-bond acceptors (Lipinski definition) is 2. The van der Waals surface area contributed by atoms with Gasteiger partial charge in [-0.2, -0.15) is 0 Å². The Bertz CT molecular complexity index is 350. The second-order valence-electron chi connectivity index (χ2n) is 6.12. The van der Waals surface area contributed by atoms with E-state index in [9.17, 15) is 0 Å². The van der Waals surface area contributed by atoms with Crippen molar-refractivity contribution in [3.63, 3.8) is 0 Å². The maximum atomic E-state index is 4.55. The first-order valence-electron chi connectivity index (χ1n) is 6.61. The van der Waals surface area contributed by atoms with E-state index in [1.807, 2.05) is 6.92 Å². The molecular weight excluding hydrogens is 210 g/mol. The normalized spacial score (nSPS) is 12.2. The molecule has 0 amide bonds. The van der Waals surface area contributed by atoms with E-state index in [0.29, 0.717) is 11.3 Å². The van der Waals surface area contributed by atoms with Crippen molar-refractivity contribution in [3.05, 3.63) is 11.9 Å². The van der Waals surface area contributed by atoms with E-state index in [1.54, 1.807) is 0 Å². The number of aromatic nitrogens is 2. The maximum absolute atomic E-state index is 4.55. The van der Waals surface area contributed by atoms with Crippen LogP contribution in [0.25, 0.3) is 0 Å². The lowest BCUT2D eigenvalue weighted by atomic mass is 9.90. The molecule has 0 atom stereocenters. The first kappa shape index (κ1) is 14.1. The smallest absolute Gasteiger partial charge is 0.203 e. The van der Waals surface area contributed by atoms with Crippen LogP contribution in [0.15, 0.2) is 6.20 Å². The fourth-order valence-corrected chi connectivity index (χ4v) is 1.66. The van der Waals surface area contributed by atoms with Gasteiger partial charge in [-0.25, -0.2) is 4.98 Å². The van der Waals surface area contributed by atoms with Gasteiger partial charge in [0, 0.05) is 19.3 Å². The Labute approximate surface area is 106 Å². The number of nitrogens with one attached hydrogen (secondary N) is 1. The van der Waals surface area contributed by atoms with Gasteiger partial charge in [-0.05, 0) is 24.7 Å². The number of aryl methyl sites for hydroxylation is 1. The minimum absolute atomic E-state index is 0.322. The van der Waals surface area contributed by atoms with Gasteiger partial charge in [0.15, 0.2) is 0 Å². The van der Waals surface area contributed by atoms with Crippen molar-refractivity contribution >= 4 is 5.95 Å². The molecule has 0 saturated carbocycles. The largest absolute Gasteiger partial charge is 0.355 e. The minimum atomic E-state index is 0.322. The highest BCUT2D eigenvalue weighted by Gasteiger charge is 2.16. The molecule has 1 aromatic rings. The van der Waals surface area contributed by atoms with Crippen molar-refractivity contribution in [1.82, 2.24) is 9.55 Å². The zero-order valence-corrected chi connectivity index (χ0v) is 12.2. The van der Waals surface area contributed by atoms with Crippen LogP contribution in [-0.2, 0) is 6.54 Å². The third kappa shape index (κ3) is 4.41. The van der Waals surface area contributed by atoms with E-state index < -0.39 is 0 Å². The lowest BCUT2D eigenvalue weighted by Crippen LogP contribution is -2.23. The summed E-state index contributed by atoms with van der Waals surface area (Å²) in [4.78, 5) is 4.55. The quantitative estimate of drug-likeness (QED) is 0.817. The Kier molecular flexibility index (Phi) is 4.61. The van der Waals surface area contributed by atoms with E-state index in [0.717, 1.165) is 24.7 Å². The maximum Gasteiger partial charge on any atom is 0.203 e. The van der Waals surface area contributed by atoms with Crippen LogP contribution < -0.4 is 5.32 Å². The van der Waals surface area contributed by atoms with Crippen LogP contribution in [0.2, 0.25) is 0 Å². The Morgan fingerprint density at radius 1 is 1.41 bits per heavy atom. The molecule has 1 rings (SSSR count). The SMILES string of the molecule is CCC(C)(C)CNc1nc(C)cn1CC(C)C. The van der Waals surface area contributed by atoms with Crippen molar-refractivity contribution in [1.29, 1.82) is 0 Å². The van der Waals surface area contributed by atoms with Gasteiger partial charge in [0.05, 0.1) is 5.69 Å². The van der Waals surface area contributed by atoms with E-state index >= 15 is 0 Å². The van der Waals surface area contributed by atoms with Crippen molar-refractivity contribution < 1.29 is 0 Å². The summed E-state index contributed by atoms with van der Waals surface area (Å²) in [6.45, 7) is 15.3. The summed E-state index contributed by atoms with van der Waals surface area (Å²) in [6, 6.07) is 0. The van der Waals surface area contributed by atoms with Crippen molar-refractivity contribution in [3.8, 4) is 0 Å². The third-order valence-electron chi connectivity index (χ3n) is 3.14. The Morgan fingerprint density at radius 2 is 2.06 bits per heavy atom. The Balaban J connectivity index is 2.70. The van der Waals surface area contributed by atoms with Crippen LogP contribution in [0.1, 0.15) is 46.7 Å². The topological polar surface area (TPSA) is 29.9 Å². The molecule has 1 heterocycles. The molecule has 1 aromatic heterocycles. The van der Waals surface area contributed by atoms with Crippen molar-refractivity contribution in [2.45, 2.75) is 54.5 Å². The number of nitrogens with zero attached hydrogens (tertiary/aromatic N) is 2. The lowest BCUT2D eigenvalue weighted by Gasteiger charge is -2.23. The van der Waals surface area contributed by atoms with Crippen LogP contribution in [0.3, 0.4) is 0 Å².